The van der Waals surface area contributed by atoms with Crippen LogP contribution in [0.15, 0.2) is 84.9 Å². The second-order valence-electron chi connectivity index (χ2n) is 7.80. The van der Waals surface area contributed by atoms with Gasteiger partial charge in [-0.05, 0) is 28.8 Å². The van der Waals surface area contributed by atoms with Crippen LogP contribution in [-0.4, -0.2) is 43.0 Å². The van der Waals surface area contributed by atoms with E-state index in [1.165, 1.54) is 0 Å². The molecule has 0 aliphatic heterocycles. The van der Waals surface area contributed by atoms with Gasteiger partial charge in [-0.15, -0.1) is 0 Å². The Hall–Kier alpha value is -3.15. The number of benzene rings is 3. The fourth-order valence-electron chi connectivity index (χ4n) is 3.61. The van der Waals surface area contributed by atoms with Crippen molar-refractivity contribution in [1.82, 2.24) is 10.2 Å². The van der Waals surface area contributed by atoms with Gasteiger partial charge in [0.1, 0.15) is 6.04 Å². The highest BCUT2D eigenvalue weighted by Crippen LogP contribution is 2.17. The molecule has 3 aromatic carbocycles. The minimum Gasteiger partial charge on any atom is -0.383 e. The van der Waals surface area contributed by atoms with Crippen LogP contribution >= 0.6 is 11.6 Å². The molecule has 0 heterocycles. The van der Waals surface area contributed by atoms with Crippen molar-refractivity contribution in [3.63, 3.8) is 0 Å². The number of carbonyl (C=O) groups is 2. The van der Waals surface area contributed by atoms with E-state index in [9.17, 15) is 9.59 Å². The quantitative estimate of drug-likeness (QED) is 0.431. The Morgan fingerprint density at radius 2 is 1.48 bits per heavy atom. The average molecular weight is 465 g/mol. The van der Waals surface area contributed by atoms with Gasteiger partial charge in [0.2, 0.25) is 11.8 Å². The molecule has 6 heteroatoms. The van der Waals surface area contributed by atoms with Crippen LogP contribution in [0.5, 0.6) is 0 Å². The van der Waals surface area contributed by atoms with Gasteiger partial charge in [0.05, 0.1) is 13.0 Å². The molecule has 1 unspecified atom stereocenters. The zero-order valence-electron chi connectivity index (χ0n) is 18.7. The summed E-state index contributed by atoms with van der Waals surface area (Å²) in [6.45, 7) is 1.12. The molecule has 33 heavy (non-hydrogen) atoms. The van der Waals surface area contributed by atoms with Crippen LogP contribution in [0.3, 0.4) is 0 Å². The highest BCUT2D eigenvalue weighted by Gasteiger charge is 2.30. The van der Waals surface area contributed by atoms with Crippen LogP contribution in [0.1, 0.15) is 16.7 Å². The van der Waals surface area contributed by atoms with Crippen LogP contribution in [0.2, 0.25) is 5.02 Å². The molecule has 3 aromatic rings. The Morgan fingerprint density at radius 3 is 2.09 bits per heavy atom. The Bertz CT molecular complexity index is 1010. The Morgan fingerprint density at radius 1 is 0.879 bits per heavy atom. The topological polar surface area (TPSA) is 58.6 Å². The predicted octanol–water partition coefficient (Wildman–Crippen LogP) is 4.29. The molecule has 5 nitrogen and oxygen atoms in total. The molecule has 0 saturated heterocycles. The molecule has 0 saturated carbocycles. The summed E-state index contributed by atoms with van der Waals surface area (Å²) in [7, 11) is 1.59. The van der Waals surface area contributed by atoms with Crippen LogP contribution < -0.4 is 5.32 Å². The van der Waals surface area contributed by atoms with Crippen molar-refractivity contribution in [2.24, 2.45) is 0 Å². The number of methoxy groups -OCH3 is 1. The summed E-state index contributed by atoms with van der Waals surface area (Å²) in [5, 5.41) is 3.54. The maximum atomic E-state index is 13.6. The van der Waals surface area contributed by atoms with Crippen molar-refractivity contribution < 1.29 is 14.3 Å². The molecule has 0 aliphatic rings. The zero-order chi connectivity index (χ0) is 23.5. The van der Waals surface area contributed by atoms with E-state index in [-0.39, 0.29) is 18.2 Å². The van der Waals surface area contributed by atoms with Crippen molar-refractivity contribution in [2.75, 3.05) is 20.3 Å². The molecular formula is C27H29ClN2O3. The molecule has 0 aromatic heterocycles. The number of rotatable bonds is 11. The SMILES string of the molecule is COCCNC(=O)C(Cc1ccccc1)N(Cc1ccccc1)C(=O)Cc1ccc(Cl)cc1. The second-order valence-corrected chi connectivity index (χ2v) is 8.24. The summed E-state index contributed by atoms with van der Waals surface area (Å²) in [6.07, 6.45) is 0.597. The number of ether oxygens (including phenoxy) is 1. The van der Waals surface area contributed by atoms with E-state index in [0.717, 1.165) is 16.7 Å². The maximum Gasteiger partial charge on any atom is 0.243 e. The fraction of sp³-hybridized carbons (Fsp3) is 0.259. The van der Waals surface area contributed by atoms with Crippen LogP contribution in [0.4, 0.5) is 0 Å². The molecular weight excluding hydrogens is 436 g/mol. The first-order valence-electron chi connectivity index (χ1n) is 10.9. The van der Waals surface area contributed by atoms with Gasteiger partial charge in [0.15, 0.2) is 0 Å². The summed E-state index contributed by atoms with van der Waals surface area (Å²) in [6, 6.07) is 26.0. The zero-order valence-corrected chi connectivity index (χ0v) is 19.5. The minimum atomic E-state index is -0.663. The minimum absolute atomic E-state index is 0.121. The molecule has 172 valence electrons. The summed E-state index contributed by atoms with van der Waals surface area (Å²) < 4.78 is 5.08. The third-order valence-electron chi connectivity index (χ3n) is 5.34. The molecule has 2 amide bonds. The van der Waals surface area contributed by atoms with Crippen molar-refractivity contribution in [3.8, 4) is 0 Å². The van der Waals surface area contributed by atoms with Crippen molar-refractivity contribution in [3.05, 3.63) is 107 Å². The van der Waals surface area contributed by atoms with Gasteiger partial charge in [0.25, 0.3) is 0 Å². The first-order valence-corrected chi connectivity index (χ1v) is 11.3. The number of halogens is 1. The lowest BCUT2D eigenvalue weighted by Gasteiger charge is -2.31. The van der Waals surface area contributed by atoms with Crippen LogP contribution in [-0.2, 0) is 33.7 Å². The molecule has 0 radical (unpaired) electrons. The molecule has 0 spiro atoms. The third kappa shape index (κ3) is 7.74. The molecule has 3 rings (SSSR count). The lowest BCUT2D eigenvalue weighted by atomic mass is 10.0. The van der Waals surface area contributed by atoms with Crippen molar-refractivity contribution >= 4 is 23.4 Å². The van der Waals surface area contributed by atoms with Crippen molar-refractivity contribution in [2.45, 2.75) is 25.4 Å². The summed E-state index contributed by atoms with van der Waals surface area (Å²) in [5.74, 6) is -0.319. The van der Waals surface area contributed by atoms with Gasteiger partial charge in [-0.1, -0.05) is 84.4 Å². The molecule has 1 atom stereocenters. The van der Waals surface area contributed by atoms with Gasteiger partial charge in [-0.2, -0.15) is 0 Å². The smallest absolute Gasteiger partial charge is 0.243 e. The Balaban J connectivity index is 1.90. The van der Waals surface area contributed by atoms with Crippen LogP contribution in [0, 0.1) is 0 Å². The third-order valence-corrected chi connectivity index (χ3v) is 5.59. The van der Waals surface area contributed by atoms with Crippen molar-refractivity contribution in [1.29, 1.82) is 0 Å². The lowest BCUT2D eigenvalue weighted by Crippen LogP contribution is -2.51. The van der Waals surface area contributed by atoms with Gasteiger partial charge in [-0.3, -0.25) is 9.59 Å². The van der Waals surface area contributed by atoms with Gasteiger partial charge in [-0.25, -0.2) is 0 Å². The normalized spacial score (nSPS) is 11.6. The Labute approximate surface area is 200 Å². The number of carbonyl (C=O) groups excluding carboxylic acids is 2. The fourth-order valence-corrected chi connectivity index (χ4v) is 3.73. The van der Waals surface area contributed by atoms with E-state index < -0.39 is 6.04 Å². The van der Waals surface area contributed by atoms with Gasteiger partial charge >= 0.3 is 0 Å². The van der Waals surface area contributed by atoms with E-state index in [1.54, 1.807) is 24.1 Å². The van der Waals surface area contributed by atoms with E-state index in [1.807, 2.05) is 72.8 Å². The number of nitrogens with one attached hydrogen (secondary N) is 1. The first-order chi connectivity index (χ1) is 16.1. The summed E-state index contributed by atoms with van der Waals surface area (Å²) in [5.41, 5.74) is 2.80. The first kappa shape index (κ1) is 24.5. The second kappa shape index (κ2) is 12.8. The van der Waals surface area contributed by atoms with E-state index in [0.29, 0.717) is 31.1 Å². The monoisotopic (exact) mass is 464 g/mol. The predicted molar refractivity (Wildman–Crippen MR) is 131 cm³/mol. The van der Waals surface area contributed by atoms with E-state index in [4.69, 9.17) is 16.3 Å². The van der Waals surface area contributed by atoms with E-state index in [2.05, 4.69) is 5.32 Å². The molecule has 0 aliphatic carbocycles. The largest absolute Gasteiger partial charge is 0.383 e. The lowest BCUT2D eigenvalue weighted by molar-refractivity contribution is -0.140. The van der Waals surface area contributed by atoms with Crippen LogP contribution in [0.25, 0.3) is 0 Å². The van der Waals surface area contributed by atoms with E-state index >= 15 is 0 Å². The average Bonchev–Trinajstić information content (AvgIpc) is 2.84. The molecule has 1 N–H and O–H groups in total. The highest BCUT2D eigenvalue weighted by atomic mass is 35.5. The number of amides is 2. The summed E-state index contributed by atoms with van der Waals surface area (Å²) >= 11 is 6.00. The molecule has 0 fully saturated rings. The number of nitrogens with zero attached hydrogens (tertiary/aromatic N) is 1. The highest BCUT2D eigenvalue weighted by molar-refractivity contribution is 6.30. The number of hydrogen-bond donors (Lipinski definition) is 1. The molecule has 0 bridgehead atoms. The summed E-state index contributed by atoms with van der Waals surface area (Å²) in [4.78, 5) is 28.5. The Kier molecular flexibility index (Phi) is 9.48. The number of hydrogen-bond acceptors (Lipinski definition) is 3. The standard InChI is InChI=1S/C27H29ClN2O3/c1-33-17-16-29-27(32)25(18-21-8-4-2-5-9-21)30(20-23-10-6-3-7-11-23)26(31)19-22-12-14-24(28)15-13-22/h2-15,25H,16-20H2,1H3,(H,29,32). The maximum absolute atomic E-state index is 13.6. The van der Waals surface area contributed by atoms with Gasteiger partial charge < -0.3 is 15.0 Å². The van der Waals surface area contributed by atoms with Gasteiger partial charge in [0, 0.05) is 31.6 Å².